The lowest BCUT2D eigenvalue weighted by molar-refractivity contribution is -0.0661. The third-order valence-corrected chi connectivity index (χ3v) is 6.58. The Bertz CT molecular complexity index is 556. The van der Waals surface area contributed by atoms with E-state index in [9.17, 15) is 10.4 Å². The van der Waals surface area contributed by atoms with Crippen molar-refractivity contribution >= 4 is 0 Å². The number of benzene rings is 1. The molecule has 0 unspecified atom stereocenters. The highest BCUT2D eigenvalue weighted by Crippen LogP contribution is 2.61. The van der Waals surface area contributed by atoms with E-state index in [1.165, 1.54) is 38.5 Å². The topological polar surface area (TPSA) is 56.0 Å². The van der Waals surface area contributed by atoms with Crippen molar-refractivity contribution < 1.29 is 5.11 Å². The van der Waals surface area contributed by atoms with E-state index in [2.05, 4.69) is 11.4 Å². The van der Waals surface area contributed by atoms with Crippen molar-refractivity contribution in [2.24, 2.45) is 23.2 Å². The van der Waals surface area contributed by atoms with Gasteiger partial charge in [-0.15, -0.1) is 0 Å². The molecule has 1 aromatic rings. The first-order valence-corrected chi connectivity index (χ1v) is 9.04. The second-order valence-corrected chi connectivity index (χ2v) is 8.15. The van der Waals surface area contributed by atoms with Gasteiger partial charge in [-0.1, -0.05) is 30.3 Å². The van der Waals surface area contributed by atoms with Gasteiger partial charge in [0.05, 0.1) is 18.7 Å². The Balaban J connectivity index is 1.56. The Kier molecular flexibility index (Phi) is 3.91. The fourth-order valence-corrected chi connectivity index (χ4v) is 6.02. The van der Waals surface area contributed by atoms with E-state index in [4.69, 9.17) is 0 Å². The summed E-state index contributed by atoms with van der Waals surface area (Å²) < 4.78 is 0. The predicted molar refractivity (Wildman–Crippen MR) is 89.4 cm³/mol. The molecular formula is C20H26N2O. The van der Waals surface area contributed by atoms with E-state index in [0.29, 0.717) is 0 Å². The largest absolute Gasteiger partial charge is 0.394 e. The van der Waals surface area contributed by atoms with Crippen LogP contribution in [0.5, 0.6) is 0 Å². The standard InChI is InChI=1S/C20H26N2O/c21-12-19(22-18(13-23)17-4-2-1-3-5-17)20-9-14-6-15(10-20)8-16(7-14)11-20/h1-5,14-16,18-19,22-23H,6-11,13H2/t14?,15?,16?,18-,19+,20?/m0/s1. The zero-order valence-electron chi connectivity index (χ0n) is 13.6. The number of hydrogen-bond donors (Lipinski definition) is 2. The van der Waals surface area contributed by atoms with Crippen LogP contribution < -0.4 is 5.32 Å². The van der Waals surface area contributed by atoms with Gasteiger partial charge in [0.1, 0.15) is 6.04 Å². The molecule has 3 heteroatoms. The molecular weight excluding hydrogens is 284 g/mol. The van der Waals surface area contributed by atoms with Crippen LogP contribution in [0.3, 0.4) is 0 Å². The van der Waals surface area contributed by atoms with E-state index < -0.39 is 0 Å². The minimum atomic E-state index is -0.145. The molecule has 122 valence electrons. The average molecular weight is 310 g/mol. The molecule has 4 bridgehead atoms. The first-order valence-electron chi connectivity index (χ1n) is 9.04. The van der Waals surface area contributed by atoms with Crippen LogP contribution in [0.4, 0.5) is 0 Å². The zero-order chi connectivity index (χ0) is 15.9. The van der Waals surface area contributed by atoms with Gasteiger partial charge in [0.15, 0.2) is 0 Å². The van der Waals surface area contributed by atoms with Crippen LogP contribution in [0.25, 0.3) is 0 Å². The van der Waals surface area contributed by atoms with Crippen molar-refractivity contribution in [2.45, 2.75) is 50.6 Å². The number of nitriles is 1. The van der Waals surface area contributed by atoms with Crippen LogP contribution in [0.1, 0.15) is 50.1 Å². The Hall–Kier alpha value is -1.37. The lowest BCUT2D eigenvalue weighted by Crippen LogP contribution is -2.56. The summed E-state index contributed by atoms with van der Waals surface area (Å²) in [4.78, 5) is 0. The van der Waals surface area contributed by atoms with Gasteiger partial charge in [-0.2, -0.15) is 5.26 Å². The smallest absolute Gasteiger partial charge is 0.102 e. The number of aliphatic hydroxyl groups is 1. The molecule has 0 aromatic heterocycles. The fourth-order valence-electron chi connectivity index (χ4n) is 6.02. The van der Waals surface area contributed by atoms with Gasteiger partial charge in [-0.05, 0) is 67.3 Å². The van der Waals surface area contributed by atoms with E-state index in [1.54, 1.807) is 0 Å². The molecule has 1 aromatic carbocycles. The molecule has 0 spiro atoms. The van der Waals surface area contributed by atoms with Crippen LogP contribution in [0.15, 0.2) is 30.3 Å². The van der Waals surface area contributed by atoms with E-state index in [1.807, 2.05) is 30.3 Å². The molecule has 0 saturated heterocycles. The van der Waals surface area contributed by atoms with Gasteiger partial charge in [0, 0.05) is 0 Å². The highest BCUT2D eigenvalue weighted by molar-refractivity contribution is 5.21. The van der Waals surface area contributed by atoms with Crippen LogP contribution in [0, 0.1) is 34.5 Å². The van der Waals surface area contributed by atoms with Gasteiger partial charge in [0.25, 0.3) is 0 Å². The summed E-state index contributed by atoms with van der Waals surface area (Å²) >= 11 is 0. The molecule has 4 fully saturated rings. The lowest BCUT2D eigenvalue weighted by atomic mass is 9.48. The molecule has 0 heterocycles. The summed E-state index contributed by atoms with van der Waals surface area (Å²) in [6.07, 6.45) is 7.78. The summed E-state index contributed by atoms with van der Waals surface area (Å²) in [6, 6.07) is 12.3. The molecule has 2 atom stereocenters. The zero-order valence-corrected chi connectivity index (χ0v) is 13.6. The van der Waals surface area contributed by atoms with Crippen molar-refractivity contribution in [1.82, 2.24) is 5.32 Å². The van der Waals surface area contributed by atoms with Crippen LogP contribution in [0.2, 0.25) is 0 Å². The van der Waals surface area contributed by atoms with Gasteiger partial charge in [0.2, 0.25) is 0 Å². The molecule has 4 aliphatic rings. The van der Waals surface area contributed by atoms with Crippen molar-refractivity contribution in [3.05, 3.63) is 35.9 Å². The summed E-state index contributed by atoms with van der Waals surface area (Å²) in [5.41, 5.74) is 1.21. The Morgan fingerprint density at radius 2 is 1.65 bits per heavy atom. The maximum Gasteiger partial charge on any atom is 0.102 e. The molecule has 0 radical (unpaired) electrons. The fraction of sp³-hybridized carbons (Fsp3) is 0.650. The van der Waals surface area contributed by atoms with Crippen molar-refractivity contribution in [3.8, 4) is 6.07 Å². The van der Waals surface area contributed by atoms with Crippen LogP contribution in [-0.4, -0.2) is 17.8 Å². The molecule has 5 rings (SSSR count). The summed E-state index contributed by atoms with van der Waals surface area (Å²) in [6.45, 7) is 0.0363. The van der Waals surface area contributed by atoms with Gasteiger partial charge in [-0.25, -0.2) is 0 Å². The Morgan fingerprint density at radius 1 is 1.09 bits per heavy atom. The average Bonchev–Trinajstić information content (AvgIpc) is 2.55. The molecule has 3 nitrogen and oxygen atoms in total. The predicted octanol–water partition coefficient (Wildman–Crippen LogP) is 3.42. The molecule has 23 heavy (non-hydrogen) atoms. The van der Waals surface area contributed by atoms with Gasteiger partial charge >= 0.3 is 0 Å². The van der Waals surface area contributed by atoms with Crippen molar-refractivity contribution in [3.63, 3.8) is 0 Å². The third kappa shape index (κ3) is 2.69. The number of nitrogens with zero attached hydrogens (tertiary/aromatic N) is 1. The summed E-state index contributed by atoms with van der Waals surface area (Å²) in [7, 11) is 0. The van der Waals surface area contributed by atoms with Crippen LogP contribution in [-0.2, 0) is 0 Å². The van der Waals surface area contributed by atoms with E-state index in [-0.39, 0.29) is 24.1 Å². The molecule has 2 N–H and O–H groups in total. The first kappa shape index (κ1) is 15.2. The van der Waals surface area contributed by atoms with E-state index in [0.717, 1.165) is 23.3 Å². The van der Waals surface area contributed by atoms with Gasteiger partial charge < -0.3 is 5.11 Å². The lowest BCUT2D eigenvalue weighted by Gasteiger charge is -2.58. The Labute approximate surface area is 138 Å². The second-order valence-electron chi connectivity index (χ2n) is 8.15. The molecule has 0 aliphatic heterocycles. The third-order valence-electron chi connectivity index (χ3n) is 6.58. The monoisotopic (exact) mass is 310 g/mol. The maximum absolute atomic E-state index is 9.88. The first-order chi connectivity index (χ1) is 11.2. The number of rotatable bonds is 5. The SMILES string of the molecule is N#C[C@@H](N[C@@H](CO)c1ccccc1)C12CC3CC(CC(C3)C1)C2. The van der Waals surface area contributed by atoms with E-state index >= 15 is 0 Å². The van der Waals surface area contributed by atoms with Crippen LogP contribution >= 0.6 is 0 Å². The molecule has 0 amide bonds. The second kappa shape index (κ2) is 5.92. The Morgan fingerprint density at radius 3 is 2.13 bits per heavy atom. The number of aliphatic hydroxyl groups excluding tert-OH is 1. The highest BCUT2D eigenvalue weighted by Gasteiger charge is 2.54. The summed E-state index contributed by atoms with van der Waals surface area (Å²) in [5, 5.41) is 23.2. The van der Waals surface area contributed by atoms with Crippen molar-refractivity contribution in [1.29, 1.82) is 5.26 Å². The van der Waals surface area contributed by atoms with Crippen molar-refractivity contribution in [2.75, 3.05) is 6.61 Å². The maximum atomic E-state index is 9.88. The highest BCUT2D eigenvalue weighted by atomic mass is 16.3. The minimum Gasteiger partial charge on any atom is -0.394 e. The number of hydrogen-bond acceptors (Lipinski definition) is 3. The molecule has 4 aliphatic carbocycles. The number of nitrogens with one attached hydrogen (secondary N) is 1. The minimum absolute atomic E-state index is 0.0363. The normalized spacial score (nSPS) is 37.3. The molecule has 4 saturated carbocycles. The van der Waals surface area contributed by atoms with Gasteiger partial charge in [-0.3, -0.25) is 5.32 Å². The quantitative estimate of drug-likeness (QED) is 0.876. The summed E-state index contributed by atoms with van der Waals surface area (Å²) in [5.74, 6) is 2.51.